The summed E-state index contributed by atoms with van der Waals surface area (Å²) in [7, 11) is 0. The van der Waals surface area contributed by atoms with E-state index in [1.165, 1.54) is 63.9 Å². The Bertz CT molecular complexity index is 1790. The molecule has 0 amide bonds. The molecule has 0 saturated heterocycles. The van der Waals surface area contributed by atoms with Crippen LogP contribution < -0.4 is 0 Å². The van der Waals surface area contributed by atoms with E-state index in [9.17, 15) is 0 Å². The molecular weight excluding hydrogens is 701 g/mol. The van der Waals surface area contributed by atoms with Crippen LogP contribution in [0.4, 0.5) is 0 Å². The molecule has 2 aliphatic carbocycles. The molecule has 232 valence electrons. The molecule has 0 spiro atoms. The summed E-state index contributed by atoms with van der Waals surface area (Å²) in [5.74, 6) is 3.50. The molecule has 4 unspecified atom stereocenters. The fourth-order valence-corrected chi connectivity index (χ4v) is 18.1. The number of hydrogen-bond donors (Lipinski definition) is 0. The first-order chi connectivity index (χ1) is 21.7. The Labute approximate surface area is 302 Å². The number of allylic oxidation sites excluding steroid dienone is 7. The molecule has 2 aromatic carbocycles. The third-order valence-corrected chi connectivity index (χ3v) is 20.7. The summed E-state index contributed by atoms with van der Waals surface area (Å²) in [6, 6.07) is 9.88. The lowest BCUT2D eigenvalue weighted by Gasteiger charge is -2.41. The van der Waals surface area contributed by atoms with E-state index in [2.05, 4.69) is 90.3 Å². The van der Waals surface area contributed by atoms with E-state index >= 15 is 0 Å². The van der Waals surface area contributed by atoms with Crippen molar-refractivity contribution in [3.05, 3.63) is 89.3 Å². The molecule has 8 rings (SSSR count). The van der Waals surface area contributed by atoms with Crippen LogP contribution in [0.1, 0.15) is 47.5 Å². The van der Waals surface area contributed by atoms with Crippen molar-refractivity contribution in [2.45, 2.75) is 86.6 Å². The van der Waals surface area contributed by atoms with Gasteiger partial charge in [0.25, 0.3) is 0 Å². The molecule has 0 N–H and O–H groups in total. The van der Waals surface area contributed by atoms with Gasteiger partial charge in [-0.25, -0.2) is 0 Å². The van der Waals surface area contributed by atoms with Crippen molar-refractivity contribution in [1.29, 1.82) is 0 Å². The van der Waals surface area contributed by atoms with Crippen LogP contribution in [-0.2, 0) is 0 Å². The van der Waals surface area contributed by atoms with E-state index in [1.54, 1.807) is 15.4 Å². The lowest BCUT2D eigenvalue weighted by Crippen LogP contribution is -2.28. The fraction of sp³-hybridized carbons (Fsp3) is 0.351. The van der Waals surface area contributed by atoms with Crippen LogP contribution in [-0.4, -0.2) is 0 Å². The van der Waals surface area contributed by atoms with Crippen LogP contribution in [0.3, 0.4) is 0 Å². The SMILES string of the molecule is C=CC1CC(C(C)C)=CC2=C1Sc1cc3c(cc1S2)S/C(=C1\Sc2cc4c(cc2S1)SC1=C(S4)C(C=C)CC(C(C)C)C1C)S3. The zero-order valence-corrected chi connectivity index (χ0v) is 32.6. The van der Waals surface area contributed by atoms with Crippen LogP contribution in [0.5, 0.6) is 0 Å². The van der Waals surface area contributed by atoms with E-state index in [1.807, 2.05) is 94.1 Å². The highest BCUT2D eigenvalue weighted by molar-refractivity contribution is 8.30. The third kappa shape index (κ3) is 5.67. The molecular formula is C37H36S8. The van der Waals surface area contributed by atoms with E-state index in [0.29, 0.717) is 29.6 Å². The first kappa shape index (κ1) is 31.9. The van der Waals surface area contributed by atoms with E-state index in [4.69, 9.17) is 0 Å². The van der Waals surface area contributed by atoms with Crippen molar-refractivity contribution in [2.24, 2.45) is 35.5 Å². The van der Waals surface area contributed by atoms with Gasteiger partial charge in [-0.05, 0) is 66.9 Å². The Morgan fingerprint density at radius 1 is 0.622 bits per heavy atom. The Hall–Kier alpha value is -0.320. The van der Waals surface area contributed by atoms with Crippen LogP contribution in [0, 0.1) is 35.5 Å². The quantitative estimate of drug-likeness (QED) is 0.281. The van der Waals surface area contributed by atoms with Crippen molar-refractivity contribution in [3.8, 4) is 0 Å². The smallest absolute Gasteiger partial charge is 0.0706 e. The predicted molar refractivity (Wildman–Crippen MR) is 208 cm³/mol. The average molecular weight is 737 g/mol. The molecule has 4 aliphatic heterocycles. The number of fused-ring (bicyclic) bond motifs is 4. The zero-order valence-electron chi connectivity index (χ0n) is 26.1. The predicted octanol–water partition coefficient (Wildman–Crippen LogP) is 14.6. The molecule has 0 radical (unpaired) electrons. The van der Waals surface area contributed by atoms with E-state index in [0.717, 1.165) is 12.3 Å². The van der Waals surface area contributed by atoms with Crippen molar-refractivity contribution < 1.29 is 0 Å². The second-order valence-corrected chi connectivity index (χ2v) is 22.1. The van der Waals surface area contributed by atoms with Crippen LogP contribution in [0.25, 0.3) is 0 Å². The molecule has 0 bridgehead atoms. The Balaban J connectivity index is 1.04. The highest BCUT2D eigenvalue weighted by Gasteiger charge is 2.39. The Morgan fingerprint density at radius 3 is 1.58 bits per heavy atom. The van der Waals surface area contributed by atoms with Gasteiger partial charge >= 0.3 is 0 Å². The van der Waals surface area contributed by atoms with Crippen LogP contribution in [0.15, 0.2) is 128 Å². The number of benzene rings is 2. The highest BCUT2D eigenvalue weighted by atomic mass is 32.2. The normalized spacial score (nSPS) is 28.4. The molecule has 8 heteroatoms. The Morgan fingerprint density at radius 2 is 1.09 bits per heavy atom. The molecule has 4 heterocycles. The maximum atomic E-state index is 4.25. The van der Waals surface area contributed by atoms with E-state index < -0.39 is 0 Å². The van der Waals surface area contributed by atoms with Gasteiger partial charge in [0.1, 0.15) is 0 Å². The number of rotatable bonds is 4. The molecule has 0 fully saturated rings. The van der Waals surface area contributed by atoms with Gasteiger partial charge in [-0.15, -0.1) is 13.2 Å². The fourth-order valence-electron chi connectivity index (χ4n) is 6.92. The second-order valence-electron chi connectivity index (χ2n) is 13.0. The summed E-state index contributed by atoms with van der Waals surface area (Å²) in [4.78, 5) is 17.4. The van der Waals surface area contributed by atoms with Gasteiger partial charge in [0.15, 0.2) is 0 Å². The monoisotopic (exact) mass is 736 g/mol. The summed E-state index contributed by atoms with van der Waals surface area (Å²) in [6.07, 6.45) is 9.18. The Kier molecular flexibility index (Phi) is 8.89. The van der Waals surface area contributed by atoms with Gasteiger partial charge in [0.2, 0.25) is 0 Å². The lowest BCUT2D eigenvalue weighted by atomic mass is 9.74. The van der Waals surface area contributed by atoms with E-state index in [-0.39, 0.29) is 0 Å². The maximum absolute atomic E-state index is 4.25. The standard InChI is InChI=1S/C37H36S8/c1-8-20-10-22(17(3)4)12-32-34(20)40-25-14-29-28(13-24(25)38-32)42-36(43-29)37-44-30-15-26-27(16-31(30)45-37)41-35-21(9-2)11-23(18(5)6)19(7)33(35)39-26/h8-9,12-21,23H,1-2,10-11H2,3-7H3/b37-36+. The molecule has 4 atom stereocenters. The second kappa shape index (κ2) is 12.5. The third-order valence-electron chi connectivity index (χ3n) is 9.56. The van der Waals surface area contributed by atoms with Crippen molar-refractivity contribution >= 4 is 94.1 Å². The highest BCUT2D eigenvalue weighted by Crippen LogP contribution is 2.66. The molecule has 45 heavy (non-hydrogen) atoms. The van der Waals surface area contributed by atoms with Crippen LogP contribution >= 0.6 is 94.1 Å². The summed E-state index contributed by atoms with van der Waals surface area (Å²) in [6.45, 7) is 20.3. The first-order valence-corrected chi connectivity index (χ1v) is 22.2. The molecule has 0 aromatic heterocycles. The van der Waals surface area contributed by atoms with Crippen molar-refractivity contribution in [1.82, 2.24) is 0 Å². The lowest BCUT2D eigenvalue weighted by molar-refractivity contribution is 0.258. The first-order valence-electron chi connectivity index (χ1n) is 15.7. The van der Waals surface area contributed by atoms with Gasteiger partial charge in [0, 0.05) is 70.6 Å². The average Bonchev–Trinajstić information content (AvgIpc) is 3.63. The summed E-state index contributed by atoms with van der Waals surface area (Å²) >= 11 is 15.9. The van der Waals surface area contributed by atoms with Gasteiger partial charge < -0.3 is 0 Å². The van der Waals surface area contributed by atoms with Crippen molar-refractivity contribution in [2.75, 3.05) is 0 Å². The minimum atomic E-state index is 0.427. The number of hydrogen-bond acceptors (Lipinski definition) is 8. The summed E-state index contributed by atoms with van der Waals surface area (Å²) in [5.41, 5.74) is 1.55. The topological polar surface area (TPSA) is 0 Å². The van der Waals surface area contributed by atoms with Crippen molar-refractivity contribution in [3.63, 3.8) is 0 Å². The zero-order chi connectivity index (χ0) is 31.1. The summed E-state index contributed by atoms with van der Waals surface area (Å²) in [5, 5.41) is 0. The van der Waals surface area contributed by atoms with Crippen LogP contribution in [0.2, 0.25) is 0 Å². The van der Waals surface area contributed by atoms with Gasteiger partial charge in [-0.1, -0.05) is 146 Å². The largest absolute Gasteiger partial charge is 0.102 e. The molecule has 0 saturated carbocycles. The van der Waals surface area contributed by atoms with Gasteiger partial charge in [-0.3, -0.25) is 0 Å². The molecule has 2 aromatic rings. The molecule has 6 aliphatic rings. The van der Waals surface area contributed by atoms with Gasteiger partial charge in [-0.2, -0.15) is 0 Å². The summed E-state index contributed by atoms with van der Waals surface area (Å²) < 4.78 is 2.88. The molecule has 0 nitrogen and oxygen atoms in total. The minimum absolute atomic E-state index is 0.427. The number of thioether (sulfide) groups is 8. The maximum Gasteiger partial charge on any atom is 0.0706 e. The van der Waals surface area contributed by atoms with Gasteiger partial charge in [0.05, 0.1) is 8.47 Å². The minimum Gasteiger partial charge on any atom is -0.102 e.